The van der Waals surface area contributed by atoms with Gasteiger partial charge >= 0.3 is 19.5 Å². The van der Waals surface area contributed by atoms with Gasteiger partial charge < -0.3 is 26.9 Å². The van der Waals surface area contributed by atoms with E-state index in [1.165, 1.54) is 0 Å². The third-order valence-corrected chi connectivity index (χ3v) is 1.01. The van der Waals surface area contributed by atoms with E-state index in [4.69, 9.17) is 0 Å². The van der Waals surface area contributed by atoms with Crippen LogP contribution in [0.1, 0.15) is 20.3 Å². The van der Waals surface area contributed by atoms with E-state index in [1.807, 2.05) is 6.92 Å². The molecular formula is C5H9BrO2Zn. The van der Waals surface area contributed by atoms with Crippen LogP contribution in [0.5, 0.6) is 0 Å². The van der Waals surface area contributed by atoms with E-state index in [-0.39, 0.29) is 42.4 Å². The first-order valence-corrected chi connectivity index (χ1v) is 2.39. The molecule has 50 valence electrons. The van der Waals surface area contributed by atoms with Crippen molar-refractivity contribution in [3.63, 3.8) is 0 Å². The van der Waals surface area contributed by atoms with Crippen molar-refractivity contribution in [1.29, 1.82) is 0 Å². The molecule has 0 saturated carbocycles. The number of carboxylic acid groups (broad SMARTS) is 1. The van der Waals surface area contributed by atoms with E-state index in [0.717, 1.165) is 0 Å². The molecule has 0 amide bonds. The van der Waals surface area contributed by atoms with Crippen molar-refractivity contribution >= 4 is 5.97 Å². The average Bonchev–Trinajstić information content (AvgIpc) is 1.65. The molecule has 0 spiro atoms. The number of carbonyl (C=O) groups is 1. The molecule has 0 fully saturated rings. The number of aliphatic carboxylic acids is 1. The summed E-state index contributed by atoms with van der Waals surface area (Å²) in [6.07, 6.45) is 0.655. The van der Waals surface area contributed by atoms with Crippen molar-refractivity contribution in [3.8, 4) is 0 Å². The normalized spacial score (nSPS) is 10.4. The second-order valence-corrected chi connectivity index (χ2v) is 1.63. The quantitative estimate of drug-likeness (QED) is 0.481. The Morgan fingerprint density at radius 1 is 1.67 bits per heavy atom. The molecule has 0 aliphatic carbocycles. The molecule has 0 N–H and O–H groups in total. The van der Waals surface area contributed by atoms with Crippen molar-refractivity contribution in [2.45, 2.75) is 20.3 Å². The average molecular weight is 246 g/mol. The van der Waals surface area contributed by atoms with Crippen molar-refractivity contribution in [3.05, 3.63) is 0 Å². The van der Waals surface area contributed by atoms with Gasteiger partial charge in [-0.1, -0.05) is 13.8 Å². The summed E-state index contributed by atoms with van der Waals surface area (Å²) in [4.78, 5) is 9.82. The largest absolute Gasteiger partial charge is 2.00 e. The molecule has 0 radical (unpaired) electrons. The van der Waals surface area contributed by atoms with Gasteiger partial charge in [0.05, 0.1) is 0 Å². The Kier molecular flexibility index (Phi) is 15.5. The second kappa shape index (κ2) is 8.57. The monoisotopic (exact) mass is 244 g/mol. The van der Waals surface area contributed by atoms with Crippen LogP contribution in [0.3, 0.4) is 0 Å². The van der Waals surface area contributed by atoms with Gasteiger partial charge in [0.25, 0.3) is 0 Å². The van der Waals surface area contributed by atoms with Crippen molar-refractivity contribution in [2.24, 2.45) is 5.92 Å². The molecule has 0 saturated heterocycles. The Balaban J connectivity index is -0.000000180. The minimum atomic E-state index is -0.956. The maximum atomic E-state index is 9.82. The molecule has 0 rings (SSSR count). The Morgan fingerprint density at radius 3 is 2.00 bits per heavy atom. The minimum absolute atomic E-state index is 0. The zero-order valence-corrected chi connectivity index (χ0v) is 10.2. The molecule has 0 aliphatic rings. The number of halogens is 1. The molecular weight excluding hydrogens is 237 g/mol. The molecule has 0 heterocycles. The molecule has 1 atom stereocenters. The maximum Gasteiger partial charge on any atom is 2.00 e. The van der Waals surface area contributed by atoms with Crippen LogP contribution in [0.2, 0.25) is 0 Å². The Hall–Kier alpha value is 0.573. The number of carbonyl (C=O) groups excluding carboxylic acids is 1. The Labute approximate surface area is 78.6 Å². The summed E-state index contributed by atoms with van der Waals surface area (Å²) in [6, 6.07) is 0. The van der Waals surface area contributed by atoms with Crippen LogP contribution in [0.4, 0.5) is 0 Å². The predicted molar refractivity (Wildman–Crippen MR) is 24.5 cm³/mol. The molecule has 9 heavy (non-hydrogen) atoms. The zero-order chi connectivity index (χ0) is 5.86. The van der Waals surface area contributed by atoms with E-state index in [9.17, 15) is 9.90 Å². The zero-order valence-electron chi connectivity index (χ0n) is 5.69. The van der Waals surface area contributed by atoms with Crippen LogP contribution >= 0.6 is 0 Å². The SMILES string of the molecule is CCC(C)C(=O)[O-].[Br-].[Zn+2]. The van der Waals surface area contributed by atoms with Gasteiger partial charge in [0.15, 0.2) is 0 Å². The summed E-state index contributed by atoms with van der Waals surface area (Å²) >= 11 is 0. The van der Waals surface area contributed by atoms with Gasteiger partial charge in [-0.15, -0.1) is 0 Å². The summed E-state index contributed by atoms with van der Waals surface area (Å²) in [5.74, 6) is -1.25. The van der Waals surface area contributed by atoms with Crippen LogP contribution < -0.4 is 22.1 Å². The molecule has 0 bridgehead atoms. The Morgan fingerprint density at radius 2 is 2.00 bits per heavy atom. The first-order valence-electron chi connectivity index (χ1n) is 2.39. The van der Waals surface area contributed by atoms with Crippen molar-refractivity contribution in [1.82, 2.24) is 0 Å². The van der Waals surface area contributed by atoms with Gasteiger partial charge in [-0.25, -0.2) is 0 Å². The summed E-state index contributed by atoms with van der Waals surface area (Å²) < 4.78 is 0. The first-order chi connectivity index (χ1) is 3.18. The molecule has 0 aromatic carbocycles. The maximum absolute atomic E-state index is 9.82. The third-order valence-electron chi connectivity index (χ3n) is 1.01. The van der Waals surface area contributed by atoms with Crippen LogP contribution in [-0.2, 0) is 24.3 Å². The van der Waals surface area contributed by atoms with E-state index >= 15 is 0 Å². The summed E-state index contributed by atoms with van der Waals surface area (Å²) in [5, 5.41) is 9.82. The molecule has 1 unspecified atom stereocenters. The predicted octanol–water partition coefficient (Wildman–Crippen LogP) is -3.22. The number of hydrogen-bond acceptors (Lipinski definition) is 2. The third kappa shape index (κ3) is 8.57. The van der Waals surface area contributed by atoms with Crippen LogP contribution in [-0.4, -0.2) is 5.97 Å². The fourth-order valence-corrected chi connectivity index (χ4v) is 0.167. The smallest absolute Gasteiger partial charge is 1.00 e. The summed E-state index contributed by atoms with van der Waals surface area (Å²) in [7, 11) is 0. The van der Waals surface area contributed by atoms with Gasteiger partial charge in [-0.05, 0) is 12.3 Å². The molecule has 4 heteroatoms. The van der Waals surface area contributed by atoms with E-state index in [0.29, 0.717) is 6.42 Å². The number of hydrogen-bond donors (Lipinski definition) is 0. The van der Waals surface area contributed by atoms with Crippen LogP contribution in [0.25, 0.3) is 0 Å². The number of rotatable bonds is 2. The van der Waals surface area contributed by atoms with Gasteiger partial charge in [-0.3, -0.25) is 0 Å². The van der Waals surface area contributed by atoms with Crippen LogP contribution in [0, 0.1) is 5.92 Å². The standard InChI is InChI=1S/C5H10O2.BrH.Zn/c1-3-4(2)5(6)7;;/h4H,3H2,1-2H3,(H,6,7);1H;/q;;+2/p-2. The van der Waals surface area contributed by atoms with Crippen molar-refractivity contribution < 1.29 is 46.4 Å². The Bertz CT molecular complexity index is 77.4. The topological polar surface area (TPSA) is 40.1 Å². The van der Waals surface area contributed by atoms with Gasteiger partial charge in [0.1, 0.15) is 0 Å². The van der Waals surface area contributed by atoms with Gasteiger partial charge in [0, 0.05) is 5.97 Å². The minimum Gasteiger partial charge on any atom is -1.00 e. The van der Waals surface area contributed by atoms with Crippen molar-refractivity contribution in [2.75, 3.05) is 0 Å². The second-order valence-electron chi connectivity index (χ2n) is 1.63. The fourth-order valence-electron chi connectivity index (χ4n) is 0.167. The number of carboxylic acids is 1. The summed E-state index contributed by atoms with van der Waals surface area (Å²) in [6.45, 7) is 3.45. The van der Waals surface area contributed by atoms with Gasteiger partial charge in [0.2, 0.25) is 0 Å². The van der Waals surface area contributed by atoms with E-state index in [2.05, 4.69) is 0 Å². The molecule has 0 aliphatic heterocycles. The fraction of sp³-hybridized carbons (Fsp3) is 0.800. The first kappa shape index (κ1) is 16.3. The van der Waals surface area contributed by atoms with Crippen LogP contribution in [0.15, 0.2) is 0 Å². The van der Waals surface area contributed by atoms with E-state index < -0.39 is 5.97 Å². The molecule has 0 aromatic heterocycles. The molecule has 2 nitrogen and oxygen atoms in total. The van der Waals surface area contributed by atoms with Gasteiger partial charge in [-0.2, -0.15) is 0 Å². The molecule has 0 aromatic rings. The summed E-state index contributed by atoms with van der Waals surface area (Å²) in [5.41, 5.74) is 0. The van der Waals surface area contributed by atoms with E-state index in [1.54, 1.807) is 6.92 Å².